The van der Waals surface area contributed by atoms with E-state index in [0.29, 0.717) is 5.54 Å². The van der Waals surface area contributed by atoms with Crippen LogP contribution in [0.4, 0.5) is 0 Å². The second kappa shape index (κ2) is 7.25. The van der Waals surface area contributed by atoms with Crippen molar-refractivity contribution >= 4 is 0 Å². The summed E-state index contributed by atoms with van der Waals surface area (Å²) in [5.74, 6) is 0. The molecule has 1 saturated heterocycles. The number of nitrogens with one attached hydrogen (secondary N) is 1. The number of hydrogen-bond acceptors (Lipinski definition) is 3. The molecule has 1 N–H and O–H groups in total. The van der Waals surface area contributed by atoms with E-state index in [-0.39, 0.29) is 0 Å². The van der Waals surface area contributed by atoms with Crippen molar-refractivity contribution < 1.29 is 4.74 Å². The van der Waals surface area contributed by atoms with Gasteiger partial charge in [-0.3, -0.25) is 4.90 Å². The Balaban J connectivity index is 2.22. The van der Waals surface area contributed by atoms with Crippen molar-refractivity contribution in [3.05, 3.63) is 0 Å². The fraction of sp³-hybridized carbons (Fsp3) is 1.00. The van der Waals surface area contributed by atoms with E-state index in [1.54, 1.807) is 0 Å². The minimum atomic E-state index is 0.326. The van der Waals surface area contributed by atoms with Gasteiger partial charge in [0.25, 0.3) is 0 Å². The molecule has 0 aromatic rings. The van der Waals surface area contributed by atoms with E-state index >= 15 is 0 Å². The number of nitrogens with zero attached hydrogens (tertiary/aromatic N) is 1. The van der Waals surface area contributed by atoms with Gasteiger partial charge in [-0.15, -0.1) is 0 Å². The smallest absolute Gasteiger partial charge is 0.0593 e. The van der Waals surface area contributed by atoms with Gasteiger partial charge in [0.2, 0.25) is 0 Å². The van der Waals surface area contributed by atoms with Crippen LogP contribution >= 0.6 is 0 Å². The van der Waals surface area contributed by atoms with Crippen molar-refractivity contribution in [2.24, 2.45) is 0 Å². The molecule has 0 spiro atoms. The Hall–Kier alpha value is -0.120. The molecule has 0 aliphatic carbocycles. The zero-order valence-corrected chi connectivity index (χ0v) is 11.2. The van der Waals surface area contributed by atoms with Gasteiger partial charge in [0.15, 0.2) is 0 Å². The molecule has 1 atom stereocenters. The summed E-state index contributed by atoms with van der Waals surface area (Å²) < 4.78 is 5.65. The van der Waals surface area contributed by atoms with Gasteiger partial charge in [-0.2, -0.15) is 0 Å². The van der Waals surface area contributed by atoms with Crippen LogP contribution in [-0.2, 0) is 4.74 Å². The van der Waals surface area contributed by atoms with Gasteiger partial charge in [-0.05, 0) is 19.8 Å². The highest BCUT2D eigenvalue weighted by molar-refractivity contribution is 4.90. The summed E-state index contributed by atoms with van der Waals surface area (Å²) in [6.45, 7) is 13.1. The van der Waals surface area contributed by atoms with Crippen molar-refractivity contribution in [2.75, 3.05) is 39.4 Å². The van der Waals surface area contributed by atoms with Crippen LogP contribution in [0.15, 0.2) is 0 Å². The van der Waals surface area contributed by atoms with Gasteiger partial charge in [-0.25, -0.2) is 0 Å². The van der Waals surface area contributed by atoms with E-state index in [1.165, 1.54) is 19.3 Å². The van der Waals surface area contributed by atoms with Crippen LogP contribution < -0.4 is 5.32 Å². The Labute approximate surface area is 101 Å². The quantitative estimate of drug-likeness (QED) is 0.673. The molecule has 0 radical (unpaired) electrons. The van der Waals surface area contributed by atoms with Crippen molar-refractivity contribution in [2.45, 2.75) is 45.6 Å². The summed E-state index contributed by atoms with van der Waals surface area (Å²) in [4.78, 5) is 2.58. The Morgan fingerprint density at radius 2 is 2.12 bits per heavy atom. The molecule has 1 aliphatic heterocycles. The van der Waals surface area contributed by atoms with E-state index in [0.717, 1.165) is 39.4 Å². The highest BCUT2D eigenvalue weighted by Gasteiger charge is 2.31. The molecular formula is C13H28N2O. The molecule has 16 heavy (non-hydrogen) atoms. The third kappa shape index (κ3) is 4.04. The van der Waals surface area contributed by atoms with Crippen molar-refractivity contribution in [1.29, 1.82) is 0 Å². The van der Waals surface area contributed by atoms with E-state index in [4.69, 9.17) is 4.74 Å². The predicted molar refractivity (Wildman–Crippen MR) is 68.9 cm³/mol. The lowest BCUT2D eigenvalue weighted by atomic mass is 9.94. The van der Waals surface area contributed by atoms with Crippen LogP contribution in [0.1, 0.15) is 40.0 Å². The van der Waals surface area contributed by atoms with Gasteiger partial charge >= 0.3 is 0 Å². The first-order valence-electron chi connectivity index (χ1n) is 6.76. The normalized spacial score (nSPS) is 27.2. The highest BCUT2D eigenvalue weighted by Crippen LogP contribution is 2.20. The first-order valence-corrected chi connectivity index (χ1v) is 6.76. The second-order valence-corrected chi connectivity index (χ2v) is 4.98. The molecule has 1 unspecified atom stereocenters. The lowest BCUT2D eigenvalue weighted by Gasteiger charge is -2.44. The molecule has 3 heteroatoms. The zero-order chi connectivity index (χ0) is 11.9. The maximum Gasteiger partial charge on any atom is 0.0593 e. The van der Waals surface area contributed by atoms with E-state index in [2.05, 4.69) is 31.0 Å². The van der Waals surface area contributed by atoms with E-state index < -0.39 is 0 Å². The van der Waals surface area contributed by atoms with Gasteiger partial charge < -0.3 is 10.1 Å². The molecule has 96 valence electrons. The van der Waals surface area contributed by atoms with Gasteiger partial charge in [0, 0.05) is 38.3 Å². The van der Waals surface area contributed by atoms with Gasteiger partial charge in [-0.1, -0.05) is 20.3 Å². The molecule has 1 aliphatic rings. The Morgan fingerprint density at radius 3 is 2.81 bits per heavy atom. The second-order valence-electron chi connectivity index (χ2n) is 4.98. The largest absolute Gasteiger partial charge is 0.380 e. The van der Waals surface area contributed by atoms with Crippen molar-refractivity contribution in [1.82, 2.24) is 10.2 Å². The van der Waals surface area contributed by atoms with Crippen LogP contribution in [0.25, 0.3) is 0 Å². The van der Waals surface area contributed by atoms with Gasteiger partial charge in [0.05, 0.1) is 6.61 Å². The summed E-state index contributed by atoms with van der Waals surface area (Å²) in [7, 11) is 0. The van der Waals surface area contributed by atoms with Crippen molar-refractivity contribution in [3.8, 4) is 0 Å². The van der Waals surface area contributed by atoms with Crippen LogP contribution in [-0.4, -0.2) is 49.8 Å². The topological polar surface area (TPSA) is 24.5 Å². The molecular weight excluding hydrogens is 200 g/mol. The molecule has 0 bridgehead atoms. The average molecular weight is 228 g/mol. The highest BCUT2D eigenvalue weighted by atomic mass is 16.5. The third-order valence-corrected chi connectivity index (χ3v) is 3.74. The number of piperazine rings is 1. The standard InChI is InChI=1S/C13H28N2O/c1-4-6-10-16-11-9-15-8-7-14-12-13(15,3)5-2/h14H,4-12H2,1-3H3. The fourth-order valence-electron chi connectivity index (χ4n) is 2.21. The molecule has 1 rings (SSSR count). The third-order valence-electron chi connectivity index (χ3n) is 3.74. The maximum absolute atomic E-state index is 5.65. The number of ether oxygens (including phenoxy) is 1. The minimum Gasteiger partial charge on any atom is -0.380 e. The molecule has 0 aromatic carbocycles. The summed E-state index contributed by atoms with van der Waals surface area (Å²) in [6.07, 6.45) is 3.61. The SMILES string of the molecule is CCCCOCCN1CCNCC1(C)CC. The molecule has 0 amide bonds. The molecule has 0 aromatic heterocycles. The first kappa shape index (κ1) is 13.9. The van der Waals surface area contributed by atoms with E-state index in [1.807, 2.05) is 0 Å². The Morgan fingerprint density at radius 1 is 1.31 bits per heavy atom. The lowest BCUT2D eigenvalue weighted by Crippen LogP contribution is -2.59. The lowest BCUT2D eigenvalue weighted by molar-refractivity contribution is 0.0311. The molecule has 3 nitrogen and oxygen atoms in total. The van der Waals surface area contributed by atoms with E-state index in [9.17, 15) is 0 Å². The van der Waals surface area contributed by atoms with Crippen molar-refractivity contribution in [3.63, 3.8) is 0 Å². The van der Waals surface area contributed by atoms with Gasteiger partial charge in [0.1, 0.15) is 0 Å². The number of unbranched alkanes of at least 4 members (excludes halogenated alkanes) is 1. The predicted octanol–water partition coefficient (Wildman–Crippen LogP) is 1.88. The van der Waals surface area contributed by atoms with Crippen LogP contribution in [0.2, 0.25) is 0 Å². The maximum atomic E-state index is 5.65. The molecule has 0 saturated carbocycles. The minimum absolute atomic E-state index is 0.326. The van der Waals surface area contributed by atoms with Crippen LogP contribution in [0.5, 0.6) is 0 Å². The Bertz CT molecular complexity index is 187. The Kier molecular flexibility index (Phi) is 6.32. The number of rotatable bonds is 7. The summed E-state index contributed by atoms with van der Waals surface area (Å²) >= 11 is 0. The zero-order valence-electron chi connectivity index (χ0n) is 11.2. The molecule has 1 heterocycles. The summed E-state index contributed by atoms with van der Waals surface area (Å²) in [5, 5.41) is 3.48. The summed E-state index contributed by atoms with van der Waals surface area (Å²) in [5.41, 5.74) is 0.326. The van der Waals surface area contributed by atoms with Crippen LogP contribution in [0, 0.1) is 0 Å². The summed E-state index contributed by atoms with van der Waals surface area (Å²) in [6, 6.07) is 0. The monoisotopic (exact) mass is 228 g/mol. The average Bonchev–Trinajstić information content (AvgIpc) is 2.31. The fourth-order valence-corrected chi connectivity index (χ4v) is 2.21. The molecule has 1 fully saturated rings. The number of hydrogen-bond donors (Lipinski definition) is 1. The van der Waals surface area contributed by atoms with Crippen LogP contribution in [0.3, 0.4) is 0 Å². The first-order chi connectivity index (χ1) is 7.73.